The molecule has 0 aromatic rings. The third-order valence-electron chi connectivity index (χ3n) is 6.04. The van der Waals surface area contributed by atoms with E-state index in [0.29, 0.717) is 29.8 Å². The number of fused-ring (bicyclic) bond motifs is 4. The van der Waals surface area contributed by atoms with Crippen molar-refractivity contribution in [2.45, 2.75) is 54.2 Å². The first-order chi connectivity index (χ1) is 9.28. The lowest BCUT2D eigenvalue weighted by Crippen LogP contribution is -2.45. The van der Waals surface area contributed by atoms with E-state index in [1.807, 2.05) is 0 Å². The van der Waals surface area contributed by atoms with Crippen LogP contribution in [0, 0.1) is 28.6 Å². The molecule has 8 atom stereocenters. The zero-order valence-corrected chi connectivity index (χ0v) is 13.0. The van der Waals surface area contributed by atoms with Crippen molar-refractivity contribution in [2.24, 2.45) is 28.8 Å². The maximum atomic E-state index is 11.4. The number of nitroso groups, excluding NO2 is 1. The summed E-state index contributed by atoms with van der Waals surface area (Å²) < 4.78 is 0.751. The molecule has 19 heavy (non-hydrogen) atoms. The van der Waals surface area contributed by atoms with Crippen LogP contribution in [-0.4, -0.2) is 22.1 Å². The fourth-order valence-electron chi connectivity index (χ4n) is 5.27. The van der Waals surface area contributed by atoms with Crippen LogP contribution in [0.5, 0.6) is 0 Å². The average Bonchev–Trinajstić information content (AvgIpc) is 2.96. The number of rotatable bonds is 1. The van der Waals surface area contributed by atoms with Crippen LogP contribution in [-0.2, 0) is 0 Å². The maximum absolute atomic E-state index is 11.4. The Kier molecular flexibility index (Phi) is 3.32. The first kappa shape index (κ1) is 12.9. The molecule has 3 aliphatic carbocycles. The average molecular weight is 376 g/mol. The Morgan fingerprint density at radius 2 is 1.58 bits per heavy atom. The molecule has 106 valence electrons. The lowest BCUT2D eigenvalue weighted by molar-refractivity contribution is 0.159. The van der Waals surface area contributed by atoms with Gasteiger partial charge in [-0.1, -0.05) is 27.8 Å². The van der Waals surface area contributed by atoms with E-state index in [1.165, 1.54) is 25.7 Å². The molecule has 0 bridgehead atoms. The zero-order valence-electron chi connectivity index (χ0n) is 10.9. The van der Waals surface area contributed by atoms with Gasteiger partial charge in [-0.2, -0.15) is 10.4 Å². The summed E-state index contributed by atoms with van der Waals surface area (Å²) in [5.41, 5.74) is 9.69. The second-order valence-electron chi connectivity index (χ2n) is 6.76. The van der Waals surface area contributed by atoms with Crippen molar-refractivity contribution in [3.05, 3.63) is 4.91 Å². The second-order valence-corrected chi connectivity index (χ2v) is 8.52. The lowest BCUT2D eigenvalue weighted by Gasteiger charge is -2.37. The molecule has 0 radical (unpaired) electrons. The summed E-state index contributed by atoms with van der Waals surface area (Å²) in [6.07, 6.45) is 6.15. The van der Waals surface area contributed by atoms with Crippen molar-refractivity contribution in [2.75, 3.05) is 0 Å². The van der Waals surface area contributed by atoms with Crippen LogP contribution in [0.15, 0.2) is 5.18 Å². The van der Waals surface area contributed by atoms with Gasteiger partial charge in [0.15, 0.2) is 0 Å². The number of hydrogen-bond donors (Lipinski definition) is 3. The van der Waals surface area contributed by atoms with Gasteiger partial charge in [-0.25, -0.2) is 10.9 Å². The Labute approximate surface area is 127 Å². The Bertz CT molecular complexity index is 382. The molecule has 6 heteroatoms. The highest BCUT2D eigenvalue weighted by molar-refractivity contribution is 14.1. The Morgan fingerprint density at radius 1 is 0.895 bits per heavy atom. The van der Waals surface area contributed by atoms with Gasteiger partial charge in [-0.15, -0.1) is 0 Å². The van der Waals surface area contributed by atoms with Crippen molar-refractivity contribution < 1.29 is 0 Å². The second kappa shape index (κ2) is 4.89. The van der Waals surface area contributed by atoms with E-state index < -0.39 is 0 Å². The topological polar surface area (TPSA) is 65.5 Å². The van der Waals surface area contributed by atoms with Crippen LogP contribution in [0.2, 0.25) is 0 Å². The van der Waals surface area contributed by atoms with E-state index in [1.54, 1.807) is 0 Å². The monoisotopic (exact) mass is 376 g/mol. The zero-order chi connectivity index (χ0) is 13.0. The highest BCUT2D eigenvalue weighted by Gasteiger charge is 2.56. The molecule has 3 N–H and O–H groups in total. The van der Waals surface area contributed by atoms with Crippen molar-refractivity contribution >= 4 is 22.6 Å². The quantitative estimate of drug-likeness (QED) is 0.371. The minimum atomic E-state index is 0.0796. The molecule has 5 nitrogen and oxygen atoms in total. The van der Waals surface area contributed by atoms with E-state index >= 15 is 0 Å². The van der Waals surface area contributed by atoms with Crippen LogP contribution in [0.4, 0.5) is 0 Å². The molecule has 4 rings (SSSR count). The van der Waals surface area contributed by atoms with Crippen LogP contribution < -0.4 is 16.4 Å². The molecule has 1 heterocycles. The maximum Gasteiger partial charge on any atom is 0.0982 e. The molecule has 4 aliphatic rings. The number of alkyl halides is 1. The normalized spacial score (nSPS) is 56.3. The first-order valence-corrected chi connectivity index (χ1v) is 8.75. The lowest BCUT2D eigenvalue weighted by atomic mass is 9.71. The summed E-state index contributed by atoms with van der Waals surface area (Å²) in [7, 11) is 0. The molecular weight excluding hydrogens is 355 g/mol. The number of nitrogens with one attached hydrogen (secondary N) is 3. The largest absolute Gasteiger partial charge is 0.239 e. The molecular formula is C13H21IN4O. The van der Waals surface area contributed by atoms with Crippen molar-refractivity contribution in [3.8, 4) is 0 Å². The highest BCUT2D eigenvalue weighted by atomic mass is 127. The summed E-state index contributed by atoms with van der Waals surface area (Å²) >= 11 is 2.56. The first-order valence-electron chi connectivity index (χ1n) is 7.50. The van der Waals surface area contributed by atoms with E-state index in [4.69, 9.17) is 0 Å². The van der Waals surface area contributed by atoms with Crippen LogP contribution in [0.3, 0.4) is 0 Å². The van der Waals surface area contributed by atoms with Gasteiger partial charge >= 0.3 is 0 Å². The van der Waals surface area contributed by atoms with E-state index in [9.17, 15) is 4.91 Å². The van der Waals surface area contributed by atoms with E-state index in [0.717, 1.165) is 16.3 Å². The Hall–Kier alpha value is 0.210. The molecule has 0 aromatic carbocycles. The fraction of sp³-hybridized carbons (Fsp3) is 1.00. The van der Waals surface area contributed by atoms with Crippen molar-refractivity contribution in [1.29, 1.82) is 0 Å². The highest BCUT2D eigenvalue weighted by Crippen LogP contribution is 2.56. The van der Waals surface area contributed by atoms with Gasteiger partial charge in [0.2, 0.25) is 0 Å². The molecule has 1 saturated heterocycles. The summed E-state index contributed by atoms with van der Waals surface area (Å²) in [5.74, 6) is 2.55. The third kappa shape index (κ3) is 1.98. The van der Waals surface area contributed by atoms with Gasteiger partial charge in [-0.05, 0) is 55.8 Å². The van der Waals surface area contributed by atoms with Gasteiger partial charge in [0.1, 0.15) is 0 Å². The summed E-state index contributed by atoms with van der Waals surface area (Å²) in [6.45, 7) is 0. The number of halogens is 1. The summed E-state index contributed by atoms with van der Waals surface area (Å²) in [4.78, 5) is 11.4. The van der Waals surface area contributed by atoms with Crippen LogP contribution in [0.25, 0.3) is 0 Å². The van der Waals surface area contributed by atoms with Gasteiger partial charge in [0.25, 0.3) is 0 Å². The molecule has 8 unspecified atom stereocenters. The van der Waals surface area contributed by atoms with Gasteiger partial charge in [0, 0.05) is 16.0 Å². The number of nitrogens with zero attached hydrogens (tertiary/aromatic N) is 1. The number of hydrazine groups is 2. The Morgan fingerprint density at radius 3 is 2.32 bits per heavy atom. The number of hydrogen-bond acceptors (Lipinski definition) is 5. The van der Waals surface area contributed by atoms with Gasteiger partial charge < -0.3 is 0 Å². The minimum Gasteiger partial charge on any atom is -0.239 e. The minimum absolute atomic E-state index is 0.0796. The van der Waals surface area contributed by atoms with Crippen LogP contribution in [0.1, 0.15) is 32.1 Å². The Balaban J connectivity index is 1.61. The predicted octanol–water partition coefficient (Wildman–Crippen LogP) is 1.73. The van der Waals surface area contributed by atoms with E-state index in [-0.39, 0.29) is 6.04 Å². The predicted molar refractivity (Wildman–Crippen MR) is 81.4 cm³/mol. The van der Waals surface area contributed by atoms with Crippen LogP contribution >= 0.6 is 22.6 Å². The standard InChI is InChI=1S/C13H21IN4O/c14-6-1-2-7-8-4-11-12(16-18-15-11)5-10(8)13(17-19)9(7)3-6/h6-13,15-16,18H,1-5H2. The SMILES string of the molecule is O=NC1C2CC(I)CCC2C2CC3NNNC3CC21. The summed E-state index contributed by atoms with van der Waals surface area (Å²) in [6, 6.07) is 1.08. The molecule has 0 amide bonds. The molecule has 1 aliphatic heterocycles. The van der Waals surface area contributed by atoms with E-state index in [2.05, 4.69) is 44.2 Å². The molecule has 4 fully saturated rings. The van der Waals surface area contributed by atoms with Crippen molar-refractivity contribution in [1.82, 2.24) is 16.4 Å². The van der Waals surface area contributed by atoms with Gasteiger partial charge in [0.05, 0.1) is 6.04 Å². The van der Waals surface area contributed by atoms with Crippen molar-refractivity contribution in [3.63, 3.8) is 0 Å². The molecule has 0 aromatic heterocycles. The fourth-order valence-corrected chi connectivity index (χ4v) is 6.22. The molecule has 0 spiro atoms. The van der Waals surface area contributed by atoms with Gasteiger partial charge in [-0.3, -0.25) is 0 Å². The summed E-state index contributed by atoms with van der Waals surface area (Å²) in [5, 5.41) is 3.58. The molecule has 3 saturated carbocycles. The third-order valence-corrected chi connectivity index (χ3v) is 7.17. The smallest absolute Gasteiger partial charge is 0.0982 e.